The molecule has 0 aromatic carbocycles. The van der Waals surface area contributed by atoms with E-state index in [4.69, 9.17) is 4.98 Å². The van der Waals surface area contributed by atoms with E-state index in [2.05, 4.69) is 51.5 Å². The second-order valence-electron chi connectivity index (χ2n) is 7.08. The average Bonchev–Trinajstić information content (AvgIpc) is 3.00. The summed E-state index contributed by atoms with van der Waals surface area (Å²) < 4.78 is 2.45. The number of hydrogen-bond donors (Lipinski definition) is 0. The summed E-state index contributed by atoms with van der Waals surface area (Å²) in [5.74, 6) is 1.30. The normalized spacial score (nSPS) is 21.1. The van der Waals surface area contributed by atoms with E-state index in [0.717, 1.165) is 52.1 Å². The highest BCUT2D eigenvalue weighted by Gasteiger charge is 2.46. The Hall–Kier alpha value is -1.72. The zero-order valence-electron chi connectivity index (χ0n) is 14.8. The first-order chi connectivity index (χ1) is 11.7. The fraction of sp³-hybridized carbons (Fsp3) is 0.579. The maximum absolute atomic E-state index is 4.83. The molecule has 0 aliphatic carbocycles. The summed E-state index contributed by atoms with van der Waals surface area (Å²) in [5.41, 5.74) is 2.60. The Kier molecular flexibility index (Phi) is 4.14. The molecule has 2 aliphatic heterocycles. The van der Waals surface area contributed by atoms with Crippen molar-refractivity contribution in [3.8, 4) is 0 Å². The molecular formula is C19H27N5. The molecule has 0 amide bonds. The van der Waals surface area contributed by atoms with Gasteiger partial charge in [-0.25, -0.2) is 4.98 Å². The maximum Gasteiger partial charge on any atom is 0.129 e. The Balaban J connectivity index is 1.54. The molecule has 128 valence electrons. The van der Waals surface area contributed by atoms with Crippen LogP contribution in [0.15, 0.2) is 30.6 Å². The first-order valence-corrected chi connectivity index (χ1v) is 9.13. The number of aromatic nitrogens is 3. The van der Waals surface area contributed by atoms with Gasteiger partial charge in [0.15, 0.2) is 0 Å². The summed E-state index contributed by atoms with van der Waals surface area (Å²) in [6.45, 7) is 11.0. The molecule has 0 N–H and O–H groups in total. The first kappa shape index (κ1) is 15.8. The van der Waals surface area contributed by atoms with Gasteiger partial charge in [0, 0.05) is 50.8 Å². The Morgan fingerprint density at radius 3 is 2.62 bits per heavy atom. The topological polar surface area (TPSA) is 37.2 Å². The minimum Gasteiger partial charge on any atom is -0.329 e. The molecule has 2 aromatic rings. The van der Waals surface area contributed by atoms with Crippen molar-refractivity contribution in [2.24, 2.45) is 0 Å². The highest BCUT2D eigenvalue weighted by molar-refractivity contribution is 5.18. The number of likely N-dealkylation sites (N-methyl/N-ethyl adjacent to an activating group) is 1. The summed E-state index contributed by atoms with van der Waals surface area (Å²) in [5, 5.41) is 0. The molecule has 24 heavy (non-hydrogen) atoms. The lowest BCUT2D eigenvalue weighted by Gasteiger charge is -2.50. The van der Waals surface area contributed by atoms with Crippen LogP contribution in [-0.4, -0.2) is 50.5 Å². The molecule has 4 heterocycles. The quantitative estimate of drug-likeness (QED) is 0.868. The molecule has 5 nitrogen and oxygen atoms in total. The number of likely N-dealkylation sites (tertiary alicyclic amines) is 1. The molecule has 0 radical (unpaired) electrons. The van der Waals surface area contributed by atoms with Crippen molar-refractivity contribution in [1.29, 1.82) is 0 Å². The number of imidazole rings is 1. The molecule has 0 unspecified atom stereocenters. The van der Waals surface area contributed by atoms with Crippen molar-refractivity contribution in [2.75, 3.05) is 26.2 Å². The van der Waals surface area contributed by atoms with Crippen LogP contribution in [0.5, 0.6) is 0 Å². The largest absolute Gasteiger partial charge is 0.329 e. The van der Waals surface area contributed by atoms with Gasteiger partial charge >= 0.3 is 0 Å². The number of rotatable bonds is 3. The molecule has 1 fully saturated rings. The summed E-state index contributed by atoms with van der Waals surface area (Å²) in [4.78, 5) is 14.5. The van der Waals surface area contributed by atoms with E-state index in [-0.39, 0.29) is 5.54 Å². The third kappa shape index (κ3) is 2.56. The molecule has 0 atom stereocenters. The first-order valence-electron chi connectivity index (χ1n) is 9.13. The monoisotopic (exact) mass is 325 g/mol. The highest BCUT2D eigenvalue weighted by atomic mass is 15.3. The minimum absolute atomic E-state index is 0.127. The van der Waals surface area contributed by atoms with Crippen LogP contribution >= 0.6 is 0 Å². The second kappa shape index (κ2) is 6.30. The van der Waals surface area contributed by atoms with Crippen molar-refractivity contribution in [3.05, 3.63) is 47.8 Å². The zero-order valence-corrected chi connectivity index (χ0v) is 14.8. The van der Waals surface area contributed by atoms with Crippen LogP contribution in [0.2, 0.25) is 0 Å². The van der Waals surface area contributed by atoms with Gasteiger partial charge in [-0.2, -0.15) is 0 Å². The molecule has 5 heteroatoms. The van der Waals surface area contributed by atoms with E-state index in [1.54, 1.807) is 0 Å². The van der Waals surface area contributed by atoms with E-state index in [1.807, 2.05) is 12.3 Å². The van der Waals surface area contributed by atoms with Gasteiger partial charge in [-0.1, -0.05) is 13.0 Å². The SMILES string of the molecule is CCN1CCn2c(C)cnc2C12CCN(Cc1ccccn1)CC2. The zero-order chi connectivity index (χ0) is 16.6. The summed E-state index contributed by atoms with van der Waals surface area (Å²) >= 11 is 0. The lowest BCUT2D eigenvalue weighted by atomic mass is 9.83. The fourth-order valence-electron chi connectivity index (χ4n) is 4.49. The lowest BCUT2D eigenvalue weighted by Crippen LogP contribution is -2.57. The average molecular weight is 325 g/mol. The molecular weight excluding hydrogens is 298 g/mol. The number of piperidine rings is 1. The minimum atomic E-state index is 0.127. The van der Waals surface area contributed by atoms with Gasteiger partial charge in [0.05, 0.1) is 11.2 Å². The van der Waals surface area contributed by atoms with Crippen molar-refractivity contribution >= 4 is 0 Å². The van der Waals surface area contributed by atoms with Gasteiger partial charge in [0.1, 0.15) is 5.82 Å². The highest BCUT2D eigenvalue weighted by Crippen LogP contribution is 2.41. The number of aryl methyl sites for hydroxylation is 1. The van der Waals surface area contributed by atoms with E-state index >= 15 is 0 Å². The van der Waals surface area contributed by atoms with Gasteiger partial charge in [0.2, 0.25) is 0 Å². The van der Waals surface area contributed by atoms with Crippen LogP contribution in [0.25, 0.3) is 0 Å². The van der Waals surface area contributed by atoms with E-state index < -0.39 is 0 Å². The van der Waals surface area contributed by atoms with Gasteiger partial charge < -0.3 is 4.57 Å². The standard InChI is InChI=1S/C19H27N5/c1-3-23-12-13-24-16(2)14-21-18(24)19(23)7-10-22(11-8-19)15-17-6-4-5-9-20-17/h4-6,9,14H,3,7-8,10-13,15H2,1-2H3. The van der Waals surface area contributed by atoms with E-state index in [0.29, 0.717) is 0 Å². The van der Waals surface area contributed by atoms with Crippen LogP contribution < -0.4 is 0 Å². The van der Waals surface area contributed by atoms with Crippen LogP contribution in [0.4, 0.5) is 0 Å². The summed E-state index contributed by atoms with van der Waals surface area (Å²) in [7, 11) is 0. The van der Waals surface area contributed by atoms with Crippen LogP contribution in [0, 0.1) is 6.92 Å². The number of hydrogen-bond acceptors (Lipinski definition) is 4. The Labute approximate surface area is 144 Å². The summed E-state index contributed by atoms with van der Waals surface area (Å²) in [6, 6.07) is 6.19. The molecule has 2 aliphatic rings. The third-order valence-corrected chi connectivity index (χ3v) is 5.85. The van der Waals surface area contributed by atoms with Crippen LogP contribution in [0.3, 0.4) is 0 Å². The molecule has 1 spiro atoms. The molecule has 0 bridgehead atoms. The molecule has 4 rings (SSSR count). The van der Waals surface area contributed by atoms with Crippen LogP contribution in [-0.2, 0) is 18.6 Å². The van der Waals surface area contributed by atoms with Crippen molar-refractivity contribution < 1.29 is 0 Å². The Morgan fingerprint density at radius 1 is 1.08 bits per heavy atom. The third-order valence-electron chi connectivity index (χ3n) is 5.85. The predicted octanol–water partition coefficient (Wildman–Crippen LogP) is 2.41. The van der Waals surface area contributed by atoms with Gasteiger partial charge in [-0.05, 0) is 38.4 Å². The smallest absolute Gasteiger partial charge is 0.129 e. The van der Waals surface area contributed by atoms with Gasteiger partial charge in [-0.15, -0.1) is 0 Å². The maximum atomic E-state index is 4.83. The predicted molar refractivity (Wildman–Crippen MR) is 94.6 cm³/mol. The van der Waals surface area contributed by atoms with E-state index in [1.165, 1.54) is 17.2 Å². The number of pyridine rings is 1. The Bertz CT molecular complexity index is 685. The number of nitrogens with zero attached hydrogens (tertiary/aromatic N) is 5. The molecule has 2 aromatic heterocycles. The van der Waals surface area contributed by atoms with E-state index in [9.17, 15) is 0 Å². The molecule has 1 saturated heterocycles. The lowest BCUT2D eigenvalue weighted by molar-refractivity contribution is -0.00858. The molecule has 0 saturated carbocycles. The summed E-state index contributed by atoms with van der Waals surface area (Å²) in [6.07, 6.45) is 6.26. The van der Waals surface area contributed by atoms with Gasteiger partial charge in [-0.3, -0.25) is 14.8 Å². The number of fused-ring (bicyclic) bond motifs is 2. The second-order valence-corrected chi connectivity index (χ2v) is 7.08. The Morgan fingerprint density at radius 2 is 1.92 bits per heavy atom. The fourth-order valence-corrected chi connectivity index (χ4v) is 4.49. The van der Waals surface area contributed by atoms with Gasteiger partial charge in [0.25, 0.3) is 0 Å². The van der Waals surface area contributed by atoms with Crippen molar-refractivity contribution in [2.45, 2.75) is 45.3 Å². The van der Waals surface area contributed by atoms with Crippen molar-refractivity contribution in [3.63, 3.8) is 0 Å². The van der Waals surface area contributed by atoms with Crippen molar-refractivity contribution in [1.82, 2.24) is 24.3 Å². The van der Waals surface area contributed by atoms with Crippen LogP contribution in [0.1, 0.15) is 37.0 Å².